The molecule has 0 aromatic carbocycles. The van der Waals surface area contributed by atoms with E-state index in [1.807, 2.05) is 33.3 Å². The van der Waals surface area contributed by atoms with Gasteiger partial charge in [-0.25, -0.2) is 0 Å². The van der Waals surface area contributed by atoms with Gasteiger partial charge in [0.1, 0.15) is 19.3 Å². The zero-order valence-electron chi connectivity index (χ0n) is 52.9. The number of ether oxygens (including phenoxy) is 1. The van der Waals surface area contributed by atoms with Crippen LogP contribution < -0.4 is 10.2 Å². The number of carbonyl (C=O) groups excluding carboxylic acids is 2. The molecule has 9 nitrogen and oxygen atoms in total. The minimum absolute atomic E-state index is 0.0354. The molecular formula is C71H123N2O7P. The van der Waals surface area contributed by atoms with Crippen LogP contribution in [0.4, 0.5) is 0 Å². The summed E-state index contributed by atoms with van der Waals surface area (Å²) in [4.78, 5) is 40.1. The molecule has 0 spiro atoms. The topological polar surface area (TPSA) is 114 Å². The molecule has 10 heteroatoms. The van der Waals surface area contributed by atoms with Gasteiger partial charge in [0.2, 0.25) is 5.91 Å². The number of hydrogen-bond acceptors (Lipinski definition) is 7. The summed E-state index contributed by atoms with van der Waals surface area (Å²) in [5, 5.41) is 3.01. The number of phosphoric ester groups is 1. The molecule has 0 aliphatic rings. The monoisotopic (exact) mass is 1150 g/mol. The average Bonchev–Trinajstić information content (AvgIpc) is 3.43. The lowest BCUT2D eigenvalue weighted by molar-refractivity contribution is -0.870. The van der Waals surface area contributed by atoms with Crippen molar-refractivity contribution in [2.75, 3.05) is 40.9 Å². The highest BCUT2D eigenvalue weighted by molar-refractivity contribution is 7.45. The normalized spacial score (nSPS) is 14.4. The molecule has 0 saturated carbocycles. The molecule has 81 heavy (non-hydrogen) atoms. The lowest BCUT2D eigenvalue weighted by atomic mass is 10.1. The number of carbonyl (C=O) groups is 2. The minimum atomic E-state index is -4.72. The van der Waals surface area contributed by atoms with Crippen LogP contribution in [0, 0.1) is 0 Å². The molecule has 0 aliphatic heterocycles. The fourth-order valence-corrected chi connectivity index (χ4v) is 9.55. The Balaban J connectivity index is 5.23. The second kappa shape index (κ2) is 59.6. The summed E-state index contributed by atoms with van der Waals surface area (Å²) in [7, 11) is 1.15. The standard InChI is InChI=1S/C71H123N2O7P/c1-7-10-13-16-19-22-25-27-29-31-33-35-36-38-39-41-43-45-48-51-54-57-60-63-70(74)72-68(67-79-81(76,77)78-66-65-73(4,5)6)69(62-59-56-53-50-47-24-21-18-15-12-9-3)80-71(75)64-61-58-55-52-49-46-44-42-40-37-34-32-30-28-26-23-20-17-14-11-8-2/h10,13,19-20,22-23,27-30,33-35,37-39,43,45,59,62,68-69H,7-9,11-12,14-18,21,24-26,31-32,36,40-42,44,46-58,60-61,63-67H2,1-6H3,(H-,72,74,76,77)/b13-10-,22-19-,23-20-,29-27-,30-28-,35-33-,37-34-,39-38-,45-43-,62-59+. The molecule has 464 valence electrons. The fourth-order valence-electron chi connectivity index (χ4n) is 8.83. The fraction of sp³-hybridized carbons (Fsp3) is 0.690. The maximum absolute atomic E-state index is 13.6. The van der Waals surface area contributed by atoms with Gasteiger partial charge in [-0.2, -0.15) is 0 Å². The largest absolute Gasteiger partial charge is 0.756 e. The van der Waals surface area contributed by atoms with Crippen LogP contribution >= 0.6 is 7.82 Å². The Morgan fingerprint density at radius 1 is 0.444 bits per heavy atom. The highest BCUT2D eigenvalue weighted by atomic mass is 31.2. The van der Waals surface area contributed by atoms with Crippen LogP contribution in [0.1, 0.15) is 265 Å². The summed E-state index contributed by atoms with van der Waals surface area (Å²) in [6.07, 6.45) is 83.1. The van der Waals surface area contributed by atoms with Gasteiger partial charge in [-0.1, -0.05) is 252 Å². The third-order valence-corrected chi connectivity index (χ3v) is 14.8. The number of amides is 1. The molecule has 0 saturated heterocycles. The maximum Gasteiger partial charge on any atom is 0.306 e. The predicted octanol–water partition coefficient (Wildman–Crippen LogP) is 20.0. The van der Waals surface area contributed by atoms with Crippen molar-refractivity contribution in [1.82, 2.24) is 5.32 Å². The van der Waals surface area contributed by atoms with Gasteiger partial charge in [0, 0.05) is 12.8 Å². The first-order valence-corrected chi connectivity index (χ1v) is 34.3. The van der Waals surface area contributed by atoms with E-state index in [0.29, 0.717) is 23.9 Å². The Labute approximate surface area is 499 Å². The third kappa shape index (κ3) is 60.8. The number of likely N-dealkylation sites (N-methyl/N-ethyl adjacent to an activating group) is 1. The predicted molar refractivity (Wildman–Crippen MR) is 348 cm³/mol. The first-order chi connectivity index (χ1) is 39.4. The van der Waals surface area contributed by atoms with Gasteiger partial charge >= 0.3 is 5.97 Å². The molecule has 3 unspecified atom stereocenters. The van der Waals surface area contributed by atoms with Gasteiger partial charge in [0.15, 0.2) is 0 Å². The van der Waals surface area contributed by atoms with Crippen LogP contribution in [0.2, 0.25) is 0 Å². The van der Waals surface area contributed by atoms with Crippen molar-refractivity contribution in [3.8, 4) is 0 Å². The highest BCUT2D eigenvalue weighted by Gasteiger charge is 2.27. The van der Waals surface area contributed by atoms with Gasteiger partial charge in [0.25, 0.3) is 7.82 Å². The smallest absolute Gasteiger partial charge is 0.306 e. The molecule has 0 heterocycles. The zero-order chi connectivity index (χ0) is 59.3. The number of nitrogens with zero attached hydrogens (tertiary/aromatic N) is 1. The van der Waals surface area contributed by atoms with Crippen LogP contribution in [-0.4, -0.2) is 69.4 Å². The molecule has 0 aliphatic carbocycles. The van der Waals surface area contributed by atoms with E-state index in [9.17, 15) is 19.0 Å². The van der Waals surface area contributed by atoms with Crippen molar-refractivity contribution in [1.29, 1.82) is 0 Å². The van der Waals surface area contributed by atoms with E-state index in [4.69, 9.17) is 13.8 Å². The maximum atomic E-state index is 13.6. The lowest BCUT2D eigenvalue weighted by Gasteiger charge is -2.30. The van der Waals surface area contributed by atoms with Crippen LogP contribution in [0.3, 0.4) is 0 Å². The highest BCUT2D eigenvalue weighted by Crippen LogP contribution is 2.38. The summed E-state index contributed by atoms with van der Waals surface area (Å²) in [5.74, 6) is -0.585. The number of hydrogen-bond donors (Lipinski definition) is 1. The molecule has 3 atom stereocenters. The van der Waals surface area contributed by atoms with Crippen LogP contribution in [-0.2, 0) is 27.9 Å². The van der Waals surface area contributed by atoms with Crippen molar-refractivity contribution in [2.24, 2.45) is 0 Å². The molecule has 0 radical (unpaired) electrons. The van der Waals surface area contributed by atoms with E-state index in [1.54, 1.807) is 0 Å². The molecule has 0 aromatic rings. The Kier molecular flexibility index (Phi) is 56.9. The lowest BCUT2D eigenvalue weighted by Crippen LogP contribution is -2.47. The van der Waals surface area contributed by atoms with Gasteiger partial charge in [-0.05, 0) is 122 Å². The van der Waals surface area contributed by atoms with E-state index >= 15 is 0 Å². The van der Waals surface area contributed by atoms with Gasteiger partial charge in [-0.15, -0.1) is 0 Å². The molecular weight excluding hydrogens is 1020 g/mol. The second-order valence-corrected chi connectivity index (χ2v) is 24.3. The van der Waals surface area contributed by atoms with E-state index in [1.165, 1.54) is 96.3 Å². The number of phosphoric acid groups is 1. The van der Waals surface area contributed by atoms with Crippen LogP contribution in [0.25, 0.3) is 0 Å². The Bertz CT molecular complexity index is 1800. The average molecular weight is 1150 g/mol. The number of quaternary nitrogens is 1. The van der Waals surface area contributed by atoms with Gasteiger partial charge in [-0.3, -0.25) is 14.2 Å². The van der Waals surface area contributed by atoms with Crippen molar-refractivity contribution in [3.05, 3.63) is 122 Å². The molecule has 0 bridgehead atoms. The summed E-state index contributed by atoms with van der Waals surface area (Å²) in [6, 6.07) is -0.914. The van der Waals surface area contributed by atoms with Crippen molar-refractivity contribution in [2.45, 2.75) is 277 Å². The second-order valence-electron chi connectivity index (χ2n) is 22.9. The van der Waals surface area contributed by atoms with E-state index in [0.717, 1.165) is 122 Å². The molecule has 0 fully saturated rings. The van der Waals surface area contributed by atoms with Crippen molar-refractivity contribution >= 4 is 19.7 Å². The van der Waals surface area contributed by atoms with Crippen molar-refractivity contribution < 1.29 is 37.3 Å². The Morgan fingerprint density at radius 2 is 0.790 bits per heavy atom. The molecule has 1 N–H and O–H groups in total. The SMILES string of the molecule is CC/C=C\C/C=C\C/C=C\C/C=C\C/C=C\C/C=C\CCCCCCC(=O)NC(COP(=O)([O-])OCC[N+](C)(C)C)C(/C=C/CCCCCCCCCCC)OC(=O)CCCCCCCCCC/C=C\C/C=C\C/C=C\CCCCC. The van der Waals surface area contributed by atoms with E-state index < -0.39 is 26.6 Å². The Morgan fingerprint density at radius 3 is 1.21 bits per heavy atom. The minimum Gasteiger partial charge on any atom is -0.756 e. The molecule has 1 amide bonds. The van der Waals surface area contributed by atoms with Crippen LogP contribution in [0.15, 0.2) is 122 Å². The zero-order valence-corrected chi connectivity index (χ0v) is 53.8. The first kappa shape index (κ1) is 77.4. The summed E-state index contributed by atoms with van der Waals surface area (Å²) >= 11 is 0. The first-order valence-electron chi connectivity index (χ1n) is 32.8. The quantitative estimate of drug-likeness (QED) is 0.0212. The van der Waals surface area contributed by atoms with Crippen LogP contribution in [0.5, 0.6) is 0 Å². The number of allylic oxidation sites excluding steroid dienone is 19. The van der Waals surface area contributed by atoms with Gasteiger partial charge in [0.05, 0.1) is 33.8 Å². The number of nitrogens with one attached hydrogen (secondary N) is 1. The summed E-state index contributed by atoms with van der Waals surface area (Å²) < 4.78 is 30.3. The Hall–Kier alpha value is -3.59. The number of unbranched alkanes of at least 4 members (excludes halogenated alkanes) is 24. The van der Waals surface area contributed by atoms with E-state index in [2.05, 4.69) is 135 Å². The number of rotatable bonds is 58. The third-order valence-electron chi connectivity index (χ3n) is 13.9. The van der Waals surface area contributed by atoms with Gasteiger partial charge < -0.3 is 28.5 Å². The van der Waals surface area contributed by atoms with E-state index in [-0.39, 0.29) is 31.3 Å². The summed E-state index contributed by atoms with van der Waals surface area (Å²) in [5.41, 5.74) is 0. The molecule has 0 aromatic heterocycles. The number of esters is 1. The van der Waals surface area contributed by atoms with Crippen molar-refractivity contribution in [3.63, 3.8) is 0 Å². The molecule has 0 rings (SSSR count). The summed E-state index contributed by atoms with van der Waals surface area (Å²) in [6.45, 7) is 6.66.